The molecule has 0 aromatic carbocycles. The minimum atomic E-state index is 0.481. The highest BCUT2D eigenvalue weighted by atomic mass is 35.5. The van der Waals surface area contributed by atoms with Crippen molar-refractivity contribution in [1.29, 1.82) is 0 Å². The molecular formula is C4H3ClNO-. The molecule has 38 valence electrons. The van der Waals surface area contributed by atoms with E-state index in [9.17, 15) is 5.21 Å². The van der Waals surface area contributed by atoms with E-state index in [4.69, 9.17) is 11.6 Å². The summed E-state index contributed by atoms with van der Waals surface area (Å²) in [6, 6.07) is 1.54. The van der Waals surface area contributed by atoms with Gasteiger partial charge in [-0.1, -0.05) is 11.6 Å². The lowest BCUT2D eigenvalue weighted by Gasteiger charge is -2.00. The Morgan fingerprint density at radius 1 is 1.71 bits per heavy atom. The summed E-state index contributed by atoms with van der Waals surface area (Å²) in [5.41, 5.74) is 0. The molecule has 0 aliphatic carbocycles. The van der Waals surface area contributed by atoms with Crippen molar-refractivity contribution in [3.63, 3.8) is 0 Å². The highest BCUT2D eigenvalue weighted by Crippen LogP contribution is 2.05. The number of aromatic nitrogens is 1. The van der Waals surface area contributed by atoms with Crippen LogP contribution in [0.5, 0.6) is 0 Å². The maximum absolute atomic E-state index is 10.1. The van der Waals surface area contributed by atoms with Crippen LogP contribution in [0.1, 0.15) is 0 Å². The fraction of sp³-hybridized carbons (Fsp3) is 0. The van der Waals surface area contributed by atoms with Gasteiger partial charge in [0.2, 0.25) is 0 Å². The fourth-order valence-electron chi connectivity index (χ4n) is 0.352. The third kappa shape index (κ3) is 0.871. The molecule has 0 fully saturated rings. The molecule has 0 saturated carbocycles. The van der Waals surface area contributed by atoms with Crippen LogP contribution in [0.2, 0.25) is 5.02 Å². The Morgan fingerprint density at radius 2 is 2.43 bits per heavy atom. The van der Waals surface area contributed by atoms with Gasteiger partial charge in [-0.2, -0.15) is 0 Å². The molecule has 0 spiro atoms. The van der Waals surface area contributed by atoms with Crippen LogP contribution >= 0.6 is 11.6 Å². The van der Waals surface area contributed by atoms with Gasteiger partial charge in [0.25, 0.3) is 0 Å². The Bertz CT molecular complexity index is 144. The van der Waals surface area contributed by atoms with E-state index in [1.165, 1.54) is 18.5 Å². The van der Waals surface area contributed by atoms with E-state index < -0.39 is 0 Å². The molecular weight excluding hydrogens is 114 g/mol. The molecule has 1 aromatic rings. The topological polar surface area (TPSA) is 28.0 Å². The first-order valence-corrected chi connectivity index (χ1v) is 2.18. The van der Waals surface area contributed by atoms with Gasteiger partial charge in [-0.05, 0) is 12.3 Å². The molecule has 0 atom stereocenters. The summed E-state index contributed by atoms with van der Waals surface area (Å²) in [5, 5.41) is 10.6. The molecule has 0 aliphatic rings. The minimum Gasteiger partial charge on any atom is -0.806 e. The number of rotatable bonds is 0. The molecule has 0 N–H and O–H groups in total. The molecule has 0 amide bonds. The Labute approximate surface area is 45.9 Å². The average Bonchev–Trinajstić information content (AvgIpc) is 1.87. The van der Waals surface area contributed by atoms with E-state index in [1.807, 2.05) is 0 Å². The van der Waals surface area contributed by atoms with Crippen molar-refractivity contribution in [2.24, 2.45) is 0 Å². The van der Waals surface area contributed by atoms with Crippen molar-refractivity contribution in [2.75, 3.05) is 0 Å². The van der Waals surface area contributed by atoms with Crippen LogP contribution in [0.15, 0.2) is 18.5 Å². The maximum atomic E-state index is 10.1. The van der Waals surface area contributed by atoms with E-state index >= 15 is 0 Å². The van der Waals surface area contributed by atoms with Crippen molar-refractivity contribution in [3.8, 4) is 0 Å². The first-order chi connectivity index (χ1) is 3.29. The predicted octanol–water partition coefficient (Wildman–Crippen LogP) is 1.49. The van der Waals surface area contributed by atoms with Gasteiger partial charge in [-0.25, -0.2) is 0 Å². The summed E-state index contributed by atoms with van der Waals surface area (Å²) < 4.78 is 0.655. The standard InChI is InChI=1S/C4H3ClNO/c5-4-1-2-6(7)3-4/h1-3H/q-1. The minimum absolute atomic E-state index is 0.481. The number of nitrogens with zero attached hydrogens (tertiary/aromatic N) is 1. The second-order valence-corrected chi connectivity index (χ2v) is 1.63. The smallest absolute Gasteiger partial charge is 0.0579 e. The van der Waals surface area contributed by atoms with E-state index in [1.54, 1.807) is 0 Å². The number of hydrogen-bond donors (Lipinski definition) is 0. The third-order valence-electron chi connectivity index (χ3n) is 0.631. The van der Waals surface area contributed by atoms with Crippen LogP contribution in [0.3, 0.4) is 0 Å². The highest BCUT2D eigenvalue weighted by molar-refractivity contribution is 6.30. The quantitative estimate of drug-likeness (QED) is 0.505. The summed E-state index contributed by atoms with van der Waals surface area (Å²) in [5.74, 6) is 0. The molecule has 7 heavy (non-hydrogen) atoms. The molecule has 2 nitrogen and oxygen atoms in total. The van der Waals surface area contributed by atoms with Gasteiger partial charge in [0, 0.05) is 6.20 Å². The molecule has 0 radical (unpaired) electrons. The molecule has 1 aromatic heterocycles. The van der Waals surface area contributed by atoms with E-state index in [-0.39, 0.29) is 0 Å². The second-order valence-electron chi connectivity index (χ2n) is 1.19. The molecule has 0 saturated heterocycles. The van der Waals surface area contributed by atoms with Crippen LogP contribution < -0.4 is 0 Å². The van der Waals surface area contributed by atoms with Crippen molar-refractivity contribution < 1.29 is 0 Å². The summed E-state index contributed by atoms with van der Waals surface area (Å²) in [6.45, 7) is 0. The van der Waals surface area contributed by atoms with Gasteiger partial charge >= 0.3 is 0 Å². The number of halogens is 1. The first-order valence-electron chi connectivity index (χ1n) is 1.80. The van der Waals surface area contributed by atoms with Gasteiger partial charge in [0.1, 0.15) is 0 Å². The highest BCUT2D eigenvalue weighted by Gasteiger charge is 1.79. The van der Waals surface area contributed by atoms with Gasteiger partial charge in [0.15, 0.2) is 0 Å². The van der Waals surface area contributed by atoms with Crippen molar-refractivity contribution in [1.82, 2.24) is 4.73 Å². The SMILES string of the molecule is [O-]n1ccc(Cl)c1. The van der Waals surface area contributed by atoms with Crippen LogP contribution in [0, 0.1) is 5.21 Å². The van der Waals surface area contributed by atoms with E-state index in [0.717, 1.165) is 0 Å². The summed E-state index contributed by atoms with van der Waals surface area (Å²) in [4.78, 5) is 0. The largest absolute Gasteiger partial charge is 0.806 e. The molecule has 0 aliphatic heterocycles. The van der Waals surface area contributed by atoms with Gasteiger partial charge in [-0.15, -0.1) is 0 Å². The lowest BCUT2D eigenvalue weighted by molar-refractivity contribution is 1.10. The zero-order chi connectivity index (χ0) is 5.28. The Kier molecular flexibility index (Phi) is 0.947. The predicted molar refractivity (Wildman–Crippen MR) is 28.2 cm³/mol. The molecule has 1 heterocycles. The van der Waals surface area contributed by atoms with Crippen LogP contribution in [0.4, 0.5) is 0 Å². The lowest BCUT2D eigenvalue weighted by Crippen LogP contribution is -1.72. The van der Waals surface area contributed by atoms with Gasteiger partial charge in [0.05, 0.1) is 5.02 Å². The third-order valence-corrected chi connectivity index (χ3v) is 0.855. The summed E-state index contributed by atoms with van der Waals surface area (Å²) >= 11 is 5.34. The van der Waals surface area contributed by atoms with E-state index in [0.29, 0.717) is 9.75 Å². The number of hydrogen-bond acceptors (Lipinski definition) is 1. The van der Waals surface area contributed by atoms with Gasteiger partial charge in [-0.3, -0.25) is 0 Å². The van der Waals surface area contributed by atoms with Crippen LogP contribution in [-0.2, 0) is 0 Å². The van der Waals surface area contributed by atoms with Crippen LogP contribution in [0.25, 0.3) is 0 Å². The van der Waals surface area contributed by atoms with Crippen LogP contribution in [-0.4, -0.2) is 4.73 Å². The molecule has 0 unspecified atom stereocenters. The summed E-state index contributed by atoms with van der Waals surface area (Å²) in [6.07, 6.45) is 2.64. The maximum Gasteiger partial charge on any atom is 0.0579 e. The fourth-order valence-corrected chi connectivity index (χ4v) is 0.505. The first kappa shape index (κ1) is 4.53. The zero-order valence-electron chi connectivity index (χ0n) is 3.47. The van der Waals surface area contributed by atoms with Gasteiger partial charge < -0.3 is 9.94 Å². The molecule has 3 heteroatoms. The molecule has 1 rings (SSSR count). The Morgan fingerprint density at radius 3 is 2.57 bits per heavy atom. The monoisotopic (exact) mass is 116 g/mol. The van der Waals surface area contributed by atoms with Crippen molar-refractivity contribution in [2.45, 2.75) is 0 Å². The summed E-state index contributed by atoms with van der Waals surface area (Å²) in [7, 11) is 0. The zero-order valence-corrected chi connectivity index (χ0v) is 4.22. The normalized spacial score (nSPS) is 9.29. The molecule has 0 bridgehead atoms. The Balaban J connectivity index is 3.04. The van der Waals surface area contributed by atoms with E-state index in [2.05, 4.69) is 0 Å². The van der Waals surface area contributed by atoms with Crippen molar-refractivity contribution in [3.05, 3.63) is 28.7 Å². The average molecular weight is 117 g/mol. The van der Waals surface area contributed by atoms with Crippen molar-refractivity contribution >= 4 is 11.6 Å². The second kappa shape index (κ2) is 1.46. The Hall–Kier alpha value is -0.630. The lowest BCUT2D eigenvalue weighted by atomic mass is 10.7.